The number of aromatic nitrogens is 2. The molecule has 0 spiro atoms. The number of fused-ring (bicyclic) bond motifs is 1. The molecule has 0 bridgehead atoms. The molecule has 3 heterocycles. The number of halogens is 1. The number of piperazine rings is 1. The molecule has 0 saturated carbocycles. The third kappa shape index (κ3) is 4.57. The van der Waals surface area contributed by atoms with Gasteiger partial charge in [-0.3, -0.25) is 4.79 Å². The number of rotatable bonds is 5. The Morgan fingerprint density at radius 2 is 1.81 bits per heavy atom. The van der Waals surface area contributed by atoms with Crippen LogP contribution in [0.1, 0.15) is 12.7 Å². The average Bonchev–Trinajstić information content (AvgIpc) is 3.30. The highest BCUT2D eigenvalue weighted by Gasteiger charge is 2.24. The van der Waals surface area contributed by atoms with Crippen molar-refractivity contribution >= 4 is 47.1 Å². The van der Waals surface area contributed by atoms with Gasteiger partial charge in [-0.05, 0) is 31.2 Å². The zero-order valence-electron chi connectivity index (χ0n) is 18.2. The third-order valence-electron chi connectivity index (χ3n) is 5.31. The van der Waals surface area contributed by atoms with Crippen LogP contribution in [0.3, 0.4) is 0 Å². The smallest absolute Gasteiger partial charge is 0.249 e. The molecular formula is C22H26ClN5O4. The molecule has 32 heavy (non-hydrogen) atoms. The van der Waals surface area contributed by atoms with E-state index in [1.807, 2.05) is 15.9 Å². The summed E-state index contributed by atoms with van der Waals surface area (Å²) in [6.45, 7) is 4.15. The Labute approximate surface area is 192 Å². The second-order valence-corrected chi connectivity index (χ2v) is 7.26. The van der Waals surface area contributed by atoms with Crippen LogP contribution in [0.25, 0.3) is 17.0 Å². The molecule has 4 rings (SSSR count). The van der Waals surface area contributed by atoms with E-state index in [4.69, 9.17) is 19.6 Å². The number of nitrogens with zero attached hydrogens (tertiary/aromatic N) is 4. The largest absolute Gasteiger partial charge is 0.493 e. The average molecular weight is 460 g/mol. The number of ether oxygens (including phenoxy) is 2. The molecule has 1 fully saturated rings. The number of hydrogen-bond donors (Lipinski definition) is 1. The number of benzene rings is 1. The van der Waals surface area contributed by atoms with Crippen molar-refractivity contribution in [1.82, 2.24) is 14.9 Å². The van der Waals surface area contributed by atoms with Crippen LogP contribution in [-0.4, -0.2) is 61.2 Å². The van der Waals surface area contributed by atoms with Gasteiger partial charge in [0, 0.05) is 43.2 Å². The van der Waals surface area contributed by atoms with Crippen LogP contribution < -0.4 is 20.1 Å². The first kappa shape index (κ1) is 23.2. The molecular weight excluding hydrogens is 434 g/mol. The highest BCUT2D eigenvalue weighted by molar-refractivity contribution is 5.97. The SMILES string of the molecule is COc1cc2nc(N3CCN(C(=O)/C(C)=C/c4ccco4)CC3)nc(N)c2cc1OC.Cl. The lowest BCUT2D eigenvalue weighted by Crippen LogP contribution is -2.49. The lowest BCUT2D eigenvalue weighted by molar-refractivity contribution is -0.127. The van der Waals surface area contributed by atoms with Gasteiger partial charge in [0.15, 0.2) is 11.5 Å². The molecule has 1 amide bonds. The number of amides is 1. The zero-order chi connectivity index (χ0) is 22.0. The van der Waals surface area contributed by atoms with E-state index >= 15 is 0 Å². The van der Waals surface area contributed by atoms with Gasteiger partial charge in [-0.15, -0.1) is 12.4 Å². The van der Waals surface area contributed by atoms with E-state index in [1.165, 1.54) is 0 Å². The molecule has 170 valence electrons. The minimum absolute atomic E-state index is 0. The number of nitrogens with two attached hydrogens (primary N) is 1. The first-order valence-corrected chi connectivity index (χ1v) is 9.95. The van der Waals surface area contributed by atoms with Crippen molar-refractivity contribution < 1.29 is 18.7 Å². The van der Waals surface area contributed by atoms with Crippen molar-refractivity contribution in [3.63, 3.8) is 0 Å². The minimum Gasteiger partial charge on any atom is -0.493 e. The molecule has 1 aliphatic heterocycles. The number of hydrogen-bond acceptors (Lipinski definition) is 8. The molecule has 2 N–H and O–H groups in total. The lowest BCUT2D eigenvalue weighted by atomic mass is 10.2. The summed E-state index contributed by atoms with van der Waals surface area (Å²) in [6.07, 6.45) is 3.34. The number of nitrogen functional groups attached to an aromatic ring is 1. The van der Waals surface area contributed by atoms with Gasteiger partial charge in [-0.2, -0.15) is 4.98 Å². The van der Waals surface area contributed by atoms with Gasteiger partial charge in [0.2, 0.25) is 11.9 Å². The summed E-state index contributed by atoms with van der Waals surface area (Å²) < 4.78 is 16.0. The van der Waals surface area contributed by atoms with Crippen molar-refractivity contribution in [3.8, 4) is 11.5 Å². The van der Waals surface area contributed by atoms with Gasteiger partial charge in [-0.1, -0.05) is 0 Å². The van der Waals surface area contributed by atoms with Crippen LogP contribution in [0.4, 0.5) is 11.8 Å². The van der Waals surface area contributed by atoms with Crippen molar-refractivity contribution in [3.05, 3.63) is 41.9 Å². The monoisotopic (exact) mass is 459 g/mol. The maximum atomic E-state index is 12.7. The fourth-order valence-electron chi connectivity index (χ4n) is 3.62. The fourth-order valence-corrected chi connectivity index (χ4v) is 3.62. The van der Waals surface area contributed by atoms with Crippen LogP contribution in [0, 0.1) is 0 Å². The first-order valence-electron chi connectivity index (χ1n) is 9.95. The Morgan fingerprint density at radius 3 is 2.44 bits per heavy atom. The second-order valence-electron chi connectivity index (χ2n) is 7.26. The Morgan fingerprint density at radius 1 is 1.12 bits per heavy atom. The number of carbonyl (C=O) groups excluding carboxylic acids is 1. The maximum absolute atomic E-state index is 12.7. The van der Waals surface area contributed by atoms with Crippen molar-refractivity contribution in [2.75, 3.05) is 51.0 Å². The highest BCUT2D eigenvalue weighted by atomic mass is 35.5. The Hall–Kier alpha value is -3.46. The van der Waals surface area contributed by atoms with Crippen LogP contribution in [0.2, 0.25) is 0 Å². The van der Waals surface area contributed by atoms with Crippen LogP contribution >= 0.6 is 12.4 Å². The molecule has 3 aromatic rings. The quantitative estimate of drug-likeness (QED) is 0.580. The van der Waals surface area contributed by atoms with E-state index in [1.54, 1.807) is 51.7 Å². The zero-order valence-corrected chi connectivity index (χ0v) is 19.0. The normalized spacial score (nSPS) is 14.3. The molecule has 0 aliphatic carbocycles. The molecule has 2 aromatic heterocycles. The fraction of sp³-hybridized carbons (Fsp3) is 0.318. The van der Waals surface area contributed by atoms with Crippen LogP contribution in [-0.2, 0) is 4.79 Å². The van der Waals surface area contributed by atoms with Gasteiger partial charge in [0.1, 0.15) is 11.6 Å². The van der Waals surface area contributed by atoms with E-state index in [-0.39, 0.29) is 18.3 Å². The molecule has 0 atom stereocenters. The Balaban J connectivity index is 0.00000289. The molecule has 0 radical (unpaired) electrons. The second kappa shape index (κ2) is 9.78. The number of methoxy groups -OCH3 is 2. The summed E-state index contributed by atoms with van der Waals surface area (Å²) in [5, 5.41) is 0.703. The molecule has 1 aromatic carbocycles. The summed E-state index contributed by atoms with van der Waals surface area (Å²) in [6, 6.07) is 7.18. The number of furan rings is 1. The number of carbonyl (C=O) groups is 1. The summed E-state index contributed by atoms with van der Waals surface area (Å²) in [5.74, 6) is 2.71. The third-order valence-corrected chi connectivity index (χ3v) is 5.31. The highest BCUT2D eigenvalue weighted by Crippen LogP contribution is 2.34. The van der Waals surface area contributed by atoms with Crippen molar-refractivity contribution in [2.45, 2.75) is 6.92 Å². The number of anilines is 2. The molecule has 10 heteroatoms. The lowest BCUT2D eigenvalue weighted by Gasteiger charge is -2.35. The minimum atomic E-state index is -0.00757. The Bertz CT molecular complexity index is 1130. The van der Waals surface area contributed by atoms with E-state index in [9.17, 15) is 4.79 Å². The summed E-state index contributed by atoms with van der Waals surface area (Å²) >= 11 is 0. The molecule has 1 saturated heterocycles. The van der Waals surface area contributed by atoms with Crippen molar-refractivity contribution in [1.29, 1.82) is 0 Å². The maximum Gasteiger partial charge on any atom is 0.249 e. The predicted octanol–water partition coefficient (Wildman–Crippen LogP) is 3.00. The van der Waals surface area contributed by atoms with E-state index < -0.39 is 0 Å². The standard InChI is InChI=1S/C22H25N5O4.ClH/c1-14(11-15-5-4-10-31-15)21(28)26-6-8-27(9-7-26)22-24-17-13-19(30-3)18(29-2)12-16(17)20(23)25-22;/h4-5,10-13H,6-9H2,1-3H3,(H2,23,24,25);1H/b14-11+;. The van der Waals surface area contributed by atoms with Crippen molar-refractivity contribution in [2.24, 2.45) is 0 Å². The van der Waals surface area contributed by atoms with Gasteiger partial charge in [-0.25, -0.2) is 4.98 Å². The topological polar surface area (TPSA) is 107 Å². The van der Waals surface area contributed by atoms with E-state index in [0.717, 1.165) is 0 Å². The summed E-state index contributed by atoms with van der Waals surface area (Å²) in [4.78, 5) is 25.8. The van der Waals surface area contributed by atoms with E-state index in [2.05, 4.69) is 9.97 Å². The van der Waals surface area contributed by atoms with Gasteiger partial charge in [0.25, 0.3) is 0 Å². The molecule has 0 unspecified atom stereocenters. The van der Waals surface area contributed by atoms with Crippen LogP contribution in [0.5, 0.6) is 11.5 Å². The molecule has 1 aliphatic rings. The summed E-state index contributed by atoms with van der Waals surface area (Å²) in [5.41, 5.74) is 7.52. The van der Waals surface area contributed by atoms with Gasteiger partial charge in [0.05, 0.1) is 26.0 Å². The predicted molar refractivity (Wildman–Crippen MR) is 125 cm³/mol. The van der Waals surface area contributed by atoms with Crippen LogP contribution in [0.15, 0.2) is 40.5 Å². The Kier molecular flexibility index (Phi) is 7.09. The van der Waals surface area contributed by atoms with Gasteiger partial charge < -0.3 is 29.4 Å². The first-order chi connectivity index (χ1) is 15.0. The van der Waals surface area contributed by atoms with Gasteiger partial charge >= 0.3 is 0 Å². The van der Waals surface area contributed by atoms with E-state index in [0.29, 0.717) is 71.7 Å². The summed E-state index contributed by atoms with van der Waals surface area (Å²) in [7, 11) is 3.15. The molecule has 9 nitrogen and oxygen atoms in total.